The lowest BCUT2D eigenvalue weighted by Crippen LogP contribution is -2.44. The standard InChI is InChI=1S/C23H36N2O3/c1-4-28-23(3,19-8-9-19)22(26)24-20-10-12-21(13-11-20)27-16-6-15-25-14-5-7-18(2)17-25/h10-13,18-19H,4-9,14-17H2,1-3H3,(H,24,26)/t18-,23-/m0/s1. The summed E-state index contributed by atoms with van der Waals surface area (Å²) in [6, 6.07) is 7.65. The van der Waals surface area contributed by atoms with Crippen LogP contribution in [0, 0.1) is 11.8 Å². The van der Waals surface area contributed by atoms with E-state index in [0.29, 0.717) is 12.5 Å². The monoisotopic (exact) mass is 388 g/mol. The zero-order chi connectivity index (χ0) is 20.0. The number of hydrogen-bond acceptors (Lipinski definition) is 4. The Hall–Kier alpha value is -1.59. The Morgan fingerprint density at radius 2 is 2.00 bits per heavy atom. The summed E-state index contributed by atoms with van der Waals surface area (Å²) in [6.07, 6.45) is 5.85. The van der Waals surface area contributed by atoms with Gasteiger partial charge >= 0.3 is 0 Å². The third-order valence-corrected chi connectivity index (χ3v) is 5.99. The van der Waals surface area contributed by atoms with E-state index in [4.69, 9.17) is 9.47 Å². The van der Waals surface area contributed by atoms with Crippen LogP contribution in [-0.4, -0.2) is 49.3 Å². The molecule has 5 heteroatoms. The average Bonchev–Trinajstić information content (AvgIpc) is 3.52. The van der Waals surface area contributed by atoms with Crippen LogP contribution in [0.25, 0.3) is 0 Å². The SMILES string of the molecule is CCO[C@](C)(C(=O)Nc1ccc(OCCCN2CCC[C@H](C)C2)cc1)C1CC1. The second-order valence-electron chi connectivity index (χ2n) is 8.54. The van der Waals surface area contributed by atoms with Crippen LogP contribution in [0.2, 0.25) is 0 Å². The second kappa shape index (κ2) is 9.75. The number of nitrogens with zero attached hydrogens (tertiary/aromatic N) is 1. The van der Waals surface area contributed by atoms with Crippen molar-refractivity contribution in [1.29, 1.82) is 0 Å². The molecule has 1 saturated carbocycles. The van der Waals surface area contributed by atoms with E-state index in [2.05, 4.69) is 17.1 Å². The third kappa shape index (κ3) is 5.71. The fraction of sp³-hybridized carbons (Fsp3) is 0.696. The van der Waals surface area contributed by atoms with E-state index >= 15 is 0 Å². The van der Waals surface area contributed by atoms with Crippen molar-refractivity contribution in [2.24, 2.45) is 11.8 Å². The maximum Gasteiger partial charge on any atom is 0.256 e. The molecule has 1 amide bonds. The molecule has 2 atom stereocenters. The van der Waals surface area contributed by atoms with E-state index in [9.17, 15) is 4.79 Å². The van der Waals surface area contributed by atoms with Crippen LogP contribution in [0.5, 0.6) is 5.75 Å². The van der Waals surface area contributed by atoms with E-state index in [0.717, 1.165) is 49.8 Å². The topological polar surface area (TPSA) is 50.8 Å². The van der Waals surface area contributed by atoms with Gasteiger partial charge in [0.25, 0.3) is 5.91 Å². The van der Waals surface area contributed by atoms with E-state index in [1.54, 1.807) is 0 Å². The number of carbonyl (C=O) groups excluding carboxylic acids is 1. The molecule has 5 nitrogen and oxygen atoms in total. The molecule has 1 aliphatic carbocycles. The summed E-state index contributed by atoms with van der Waals surface area (Å²) in [5.41, 5.74) is 0.0572. The van der Waals surface area contributed by atoms with Crippen molar-refractivity contribution >= 4 is 11.6 Å². The molecule has 1 N–H and O–H groups in total. The number of carbonyl (C=O) groups is 1. The molecule has 1 saturated heterocycles. The van der Waals surface area contributed by atoms with E-state index in [-0.39, 0.29) is 5.91 Å². The number of nitrogens with one attached hydrogen (secondary N) is 1. The van der Waals surface area contributed by atoms with Gasteiger partial charge in [0.05, 0.1) is 6.61 Å². The Kier molecular flexibility index (Phi) is 7.36. The Morgan fingerprint density at radius 3 is 2.64 bits per heavy atom. The predicted octanol–water partition coefficient (Wildman–Crippen LogP) is 4.33. The largest absolute Gasteiger partial charge is 0.494 e. The van der Waals surface area contributed by atoms with Crippen molar-refractivity contribution in [3.63, 3.8) is 0 Å². The molecule has 0 bridgehead atoms. The van der Waals surface area contributed by atoms with Gasteiger partial charge in [-0.3, -0.25) is 4.79 Å². The quantitative estimate of drug-likeness (QED) is 0.606. The van der Waals surface area contributed by atoms with Crippen LogP contribution in [0.15, 0.2) is 24.3 Å². The highest BCUT2D eigenvalue weighted by Crippen LogP contribution is 2.42. The minimum atomic E-state index is -0.726. The van der Waals surface area contributed by atoms with Gasteiger partial charge in [-0.05, 0) is 88.6 Å². The fourth-order valence-corrected chi connectivity index (χ4v) is 4.16. The Labute approximate surface area is 169 Å². The zero-order valence-electron chi connectivity index (χ0n) is 17.7. The molecular weight excluding hydrogens is 352 g/mol. The predicted molar refractivity (Wildman–Crippen MR) is 113 cm³/mol. The molecule has 2 aliphatic rings. The first-order valence-corrected chi connectivity index (χ1v) is 10.9. The van der Waals surface area contributed by atoms with Crippen molar-refractivity contribution < 1.29 is 14.3 Å². The maximum atomic E-state index is 12.7. The van der Waals surface area contributed by atoms with E-state index < -0.39 is 5.60 Å². The summed E-state index contributed by atoms with van der Waals surface area (Å²) < 4.78 is 11.7. The lowest BCUT2D eigenvalue weighted by atomic mass is 9.99. The summed E-state index contributed by atoms with van der Waals surface area (Å²) in [5.74, 6) is 1.95. The van der Waals surface area contributed by atoms with Crippen LogP contribution in [0.1, 0.15) is 52.9 Å². The minimum absolute atomic E-state index is 0.0544. The summed E-state index contributed by atoms with van der Waals surface area (Å²) >= 11 is 0. The molecule has 3 rings (SSSR count). The summed E-state index contributed by atoms with van der Waals surface area (Å²) in [5, 5.41) is 3.00. The second-order valence-corrected chi connectivity index (χ2v) is 8.54. The fourth-order valence-electron chi connectivity index (χ4n) is 4.16. The lowest BCUT2D eigenvalue weighted by molar-refractivity contribution is -0.141. The molecule has 0 unspecified atom stereocenters. The van der Waals surface area contributed by atoms with Crippen LogP contribution < -0.4 is 10.1 Å². The number of benzene rings is 1. The van der Waals surface area contributed by atoms with Crippen LogP contribution >= 0.6 is 0 Å². The molecule has 1 aromatic carbocycles. The van der Waals surface area contributed by atoms with Crippen molar-refractivity contribution in [3.05, 3.63) is 24.3 Å². The highest BCUT2D eigenvalue weighted by molar-refractivity contribution is 5.97. The molecular formula is C23H36N2O3. The normalized spacial score (nSPS) is 22.5. The Morgan fingerprint density at radius 1 is 1.25 bits per heavy atom. The van der Waals surface area contributed by atoms with Gasteiger partial charge in [0, 0.05) is 25.4 Å². The molecule has 0 aromatic heterocycles. The van der Waals surface area contributed by atoms with Crippen molar-refractivity contribution in [3.8, 4) is 5.75 Å². The molecule has 0 spiro atoms. The molecule has 1 aromatic rings. The first-order valence-electron chi connectivity index (χ1n) is 10.9. The number of piperidine rings is 1. The summed E-state index contributed by atoms with van der Waals surface area (Å²) in [7, 11) is 0. The van der Waals surface area contributed by atoms with Crippen LogP contribution in [0.4, 0.5) is 5.69 Å². The molecule has 2 fully saturated rings. The van der Waals surface area contributed by atoms with Crippen molar-refractivity contribution in [2.75, 3.05) is 38.2 Å². The van der Waals surface area contributed by atoms with Gasteiger partial charge in [0.1, 0.15) is 11.4 Å². The number of hydrogen-bond donors (Lipinski definition) is 1. The molecule has 1 aliphatic heterocycles. The number of amides is 1. The first kappa shape index (κ1) is 21.1. The molecule has 156 valence electrons. The highest BCUT2D eigenvalue weighted by Gasteiger charge is 2.48. The highest BCUT2D eigenvalue weighted by atomic mass is 16.5. The van der Waals surface area contributed by atoms with Gasteiger partial charge in [0.15, 0.2) is 0 Å². The number of ether oxygens (including phenoxy) is 2. The molecule has 0 radical (unpaired) electrons. The Bertz CT molecular complexity index is 629. The summed E-state index contributed by atoms with van der Waals surface area (Å²) in [6.45, 7) is 11.0. The van der Waals surface area contributed by atoms with Gasteiger partial charge in [-0.2, -0.15) is 0 Å². The van der Waals surface area contributed by atoms with Gasteiger partial charge < -0.3 is 19.7 Å². The lowest BCUT2D eigenvalue weighted by Gasteiger charge is -2.30. The Balaban J connectivity index is 1.41. The van der Waals surface area contributed by atoms with Crippen LogP contribution in [-0.2, 0) is 9.53 Å². The van der Waals surface area contributed by atoms with Crippen LogP contribution in [0.3, 0.4) is 0 Å². The van der Waals surface area contributed by atoms with Gasteiger partial charge in [0.2, 0.25) is 0 Å². The number of anilines is 1. The van der Waals surface area contributed by atoms with E-state index in [1.165, 1.54) is 25.9 Å². The van der Waals surface area contributed by atoms with Gasteiger partial charge in [-0.1, -0.05) is 6.92 Å². The van der Waals surface area contributed by atoms with Gasteiger partial charge in [-0.25, -0.2) is 0 Å². The first-order chi connectivity index (χ1) is 13.5. The maximum absolute atomic E-state index is 12.7. The van der Waals surface area contributed by atoms with E-state index in [1.807, 2.05) is 38.1 Å². The summed E-state index contributed by atoms with van der Waals surface area (Å²) in [4.78, 5) is 15.2. The zero-order valence-corrected chi connectivity index (χ0v) is 17.7. The minimum Gasteiger partial charge on any atom is -0.494 e. The smallest absolute Gasteiger partial charge is 0.256 e. The number of rotatable bonds is 10. The molecule has 28 heavy (non-hydrogen) atoms. The third-order valence-electron chi connectivity index (χ3n) is 5.99. The van der Waals surface area contributed by atoms with Gasteiger partial charge in [-0.15, -0.1) is 0 Å². The molecule has 1 heterocycles. The van der Waals surface area contributed by atoms with Crippen molar-refractivity contribution in [1.82, 2.24) is 4.90 Å². The van der Waals surface area contributed by atoms with Crippen molar-refractivity contribution in [2.45, 2.75) is 58.5 Å². The average molecular weight is 389 g/mol. The number of likely N-dealkylation sites (tertiary alicyclic amines) is 1.